The van der Waals surface area contributed by atoms with Crippen molar-refractivity contribution in [2.45, 2.75) is 84.5 Å². The number of carbonyl (C=O) groups excluding carboxylic acids is 1. The van der Waals surface area contributed by atoms with Crippen molar-refractivity contribution < 1.29 is 19.7 Å². The Labute approximate surface area is 158 Å². The number of carbonyl (C=O) groups is 1. The van der Waals surface area contributed by atoms with Gasteiger partial charge < -0.3 is 14.9 Å². The normalized spacial score (nSPS) is 12.8. The number of hydrogen-bond acceptors (Lipinski definition) is 4. The van der Waals surface area contributed by atoms with E-state index in [0.29, 0.717) is 18.9 Å². The lowest BCUT2D eigenvalue weighted by atomic mass is 9.79. The first-order valence-electron chi connectivity index (χ1n) is 9.94. The molecule has 4 heteroatoms. The molecule has 0 bridgehead atoms. The maximum Gasteiger partial charge on any atom is 0.305 e. The molecule has 0 saturated carbocycles. The highest BCUT2D eigenvalue weighted by molar-refractivity contribution is 5.69. The average molecular weight is 365 g/mol. The minimum Gasteiger partial charge on any atom is -0.508 e. The second kappa shape index (κ2) is 11.1. The van der Waals surface area contributed by atoms with Crippen molar-refractivity contribution >= 4 is 5.97 Å². The lowest BCUT2D eigenvalue weighted by molar-refractivity contribution is -0.144. The molecule has 1 atom stereocenters. The van der Waals surface area contributed by atoms with Gasteiger partial charge in [-0.3, -0.25) is 4.79 Å². The summed E-state index contributed by atoms with van der Waals surface area (Å²) in [6.45, 7) is 8.98. The zero-order valence-corrected chi connectivity index (χ0v) is 16.9. The molecule has 0 saturated heterocycles. The fraction of sp³-hybridized carbons (Fsp3) is 0.682. The summed E-state index contributed by atoms with van der Waals surface area (Å²) in [5.74, 6) is 0.828. The molecule has 4 nitrogen and oxygen atoms in total. The van der Waals surface area contributed by atoms with Gasteiger partial charge in [0.15, 0.2) is 0 Å². The van der Waals surface area contributed by atoms with Gasteiger partial charge in [-0.05, 0) is 48.8 Å². The first-order chi connectivity index (χ1) is 12.3. The van der Waals surface area contributed by atoms with Gasteiger partial charge >= 0.3 is 5.97 Å². The Kier molecular flexibility index (Phi) is 9.53. The number of ether oxygens (including phenoxy) is 1. The molecule has 0 fully saturated rings. The van der Waals surface area contributed by atoms with Crippen molar-refractivity contribution in [1.82, 2.24) is 0 Å². The maximum atomic E-state index is 11.6. The van der Waals surface area contributed by atoms with E-state index in [-0.39, 0.29) is 22.9 Å². The molecule has 148 valence electrons. The lowest BCUT2D eigenvalue weighted by Gasteiger charge is -2.27. The molecular weight excluding hydrogens is 328 g/mol. The number of benzene rings is 1. The van der Waals surface area contributed by atoms with Gasteiger partial charge in [0.1, 0.15) is 11.5 Å². The van der Waals surface area contributed by atoms with Gasteiger partial charge in [0.2, 0.25) is 0 Å². The van der Waals surface area contributed by atoms with E-state index in [1.54, 1.807) is 12.1 Å². The fourth-order valence-electron chi connectivity index (χ4n) is 3.20. The molecule has 0 aromatic heterocycles. The third kappa shape index (κ3) is 8.11. The van der Waals surface area contributed by atoms with Gasteiger partial charge in [0, 0.05) is 12.0 Å². The van der Waals surface area contributed by atoms with E-state index in [9.17, 15) is 15.0 Å². The van der Waals surface area contributed by atoms with Crippen LogP contribution in [0.15, 0.2) is 18.2 Å². The smallest absolute Gasteiger partial charge is 0.305 e. The zero-order valence-electron chi connectivity index (χ0n) is 16.9. The quantitative estimate of drug-likeness (QED) is 0.284. The third-order valence-corrected chi connectivity index (χ3v) is 5.07. The number of rotatable bonds is 12. The van der Waals surface area contributed by atoms with Gasteiger partial charge in [-0.25, -0.2) is 0 Å². The Balaban J connectivity index is 2.29. The van der Waals surface area contributed by atoms with Crippen LogP contribution < -0.4 is 0 Å². The maximum absolute atomic E-state index is 11.6. The number of unbranched alkanes of at least 4 members (excludes halogenated alkanes) is 2. The molecule has 26 heavy (non-hydrogen) atoms. The largest absolute Gasteiger partial charge is 0.508 e. The van der Waals surface area contributed by atoms with Crippen LogP contribution in [-0.2, 0) is 14.9 Å². The minimum atomic E-state index is -0.200. The highest BCUT2D eigenvalue weighted by Gasteiger charge is 2.24. The molecule has 0 spiro atoms. The van der Waals surface area contributed by atoms with Crippen molar-refractivity contribution in [2.24, 2.45) is 5.92 Å². The second-order valence-corrected chi connectivity index (χ2v) is 8.05. The van der Waals surface area contributed by atoms with E-state index < -0.39 is 0 Å². The molecule has 1 rings (SSSR count). The van der Waals surface area contributed by atoms with Gasteiger partial charge in [0.05, 0.1) is 6.61 Å². The zero-order chi connectivity index (χ0) is 19.6. The van der Waals surface area contributed by atoms with Crippen LogP contribution in [0.3, 0.4) is 0 Å². The first-order valence-corrected chi connectivity index (χ1v) is 9.94. The Morgan fingerprint density at radius 1 is 1.15 bits per heavy atom. The molecule has 0 heterocycles. The van der Waals surface area contributed by atoms with E-state index in [1.807, 2.05) is 0 Å². The molecule has 1 unspecified atom stereocenters. The van der Waals surface area contributed by atoms with E-state index in [0.717, 1.165) is 50.5 Å². The molecule has 1 aromatic rings. The summed E-state index contributed by atoms with van der Waals surface area (Å²) in [4.78, 5) is 11.6. The van der Waals surface area contributed by atoms with E-state index >= 15 is 0 Å². The van der Waals surface area contributed by atoms with Crippen LogP contribution in [0, 0.1) is 5.92 Å². The van der Waals surface area contributed by atoms with Gasteiger partial charge in [0.25, 0.3) is 0 Å². The number of aromatic hydroxyl groups is 2. The van der Waals surface area contributed by atoms with Crippen LogP contribution in [0.5, 0.6) is 11.5 Å². The Morgan fingerprint density at radius 2 is 1.88 bits per heavy atom. The molecule has 0 aliphatic carbocycles. The SMILES string of the molecule is CCCCCC(=O)OCCC(C)CCCC(C)(C)c1cc(O)ccc1O. The topological polar surface area (TPSA) is 66.8 Å². The van der Waals surface area contributed by atoms with Crippen molar-refractivity contribution in [3.05, 3.63) is 23.8 Å². The first kappa shape index (κ1) is 22.3. The summed E-state index contributed by atoms with van der Waals surface area (Å²) >= 11 is 0. The summed E-state index contributed by atoms with van der Waals surface area (Å²) in [6, 6.07) is 4.70. The monoisotopic (exact) mass is 364 g/mol. The highest BCUT2D eigenvalue weighted by atomic mass is 16.5. The van der Waals surface area contributed by atoms with Crippen LogP contribution in [0.4, 0.5) is 0 Å². The summed E-state index contributed by atoms with van der Waals surface area (Å²) in [5, 5.41) is 19.7. The predicted molar refractivity (Wildman–Crippen MR) is 106 cm³/mol. The van der Waals surface area contributed by atoms with Crippen LogP contribution in [0.2, 0.25) is 0 Å². The van der Waals surface area contributed by atoms with Crippen molar-refractivity contribution in [3.63, 3.8) is 0 Å². The lowest BCUT2D eigenvalue weighted by Crippen LogP contribution is -2.17. The number of phenolic OH excluding ortho intramolecular Hbond substituents is 2. The van der Waals surface area contributed by atoms with Crippen molar-refractivity contribution in [3.8, 4) is 11.5 Å². The highest BCUT2D eigenvalue weighted by Crippen LogP contribution is 2.37. The van der Waals surface area contributed by atoms with Crippen molar-refractivity contribution in [2.75, 3.05) is 6.61 Å². The van der Waals surface area contributed by atoms with Crippen LogP contribution >= 0.6 is 0 Å². The molecule has 2 N–H and O–H groups in total. The molecule has 0 radical (unpaired) electrons. The molecule has 0 aliphatic heterocycles. The summed E-state index contributed by atoms with van der Waals surface area (Å²) in [7, 11) is 0. The number of hydrogen-bond donors (Lipinski definition) is 2. The number of esters is 1. The van der Waals surface area contributed by atoms with Crippen LogP contribution in [0.25, 0.3) is 0 Å². The molecule has 0 aliphatic rings. The third-order valence-electron chi connectivity index (χ3n) is 5.07. The predicted octanol–water partition coefficient (Wildman–Crippen LogP) is 5.70. The second-order valence-electron chi connectivity index (χ2n) is 8.05. The summed E-state index contributed by atoms with van der Waals surface area (Å²) in [6.07, 6.45) is 7.52. The van der Waals surface area contributed by atoms with Crippen LogP contribution in [0.1, 0.15) is 84.6 Å². The molecule has 1 aromatic carbocycles. The van der Waals surface area contributed by atoms with Crippen molar-refractivity contribution in [1.29, 1.82) is 0 Å². The van der Waals surface area contributed by atoms with Gasteiger partial charge in [-0.15, -0.1) is 0 Å². The fourth-order valence-corrected chi connectivity index (χ4v) is 3.20. The van der Waals surface area contributed by atoms with Gasteiger partial charge in [-0.2, -0.15) is 0 Å². The molecule has 0 amide bonds. The standard InChI is InChI=1S/C22H36O4/c1-5-6-7-10-21(25)26-15-13-17(2)9-8-14-22(3,4)19-16-18(23)11-12-20(19)24/h11-12,16-17,23-24H,5-10,13-15H2,1-4H3. The van der Waals surface area contributed by atoms with E-state index in [4.69, 9.17) is 4.74 Å². The average Bonchev–Trinajstić information content (AvgIpc) is 2.57. The minimum absolute atomic E-state index is 0.0776. The number of phenols is 2. The summed E-state index contributed by atoms with van der Waals surface area (Å²) < 4.78 is 5.30. The van der Waals surface area contributed by atoms with Crippen LogP contribution in [-0.4, -0.2) is 22.8 Å². The van der Waals surface area contributed by atoms with E-state index in [1.165, 1.54) is 6.07 Å². The van der Waals surface area contributed by atoms with Gasteiger partial charge in [-0.1, -0.05) is 53.4 Å². The molecular formula is C22H36O4. The Morgan fingerprint density at radius 3 is 2.58 bits per heavy atom. The summed E-state index contributed by atoms with van der Waals surface area (Å²) in [5.41, 5.74) is 0.583. The Bertz CT molecular complexity index is 551. The Hall–Kier alpha value is -1.71. The van der Waals surface area contributed by atoms with E-state index in [2.05, 4.69) is 27.7 Å².